The Morgan fingerprint density at radius 3 is 2.00 bits per heavy atom. The van der Waals surface area contributed by atoms with E-state index in [1.807, 2.05) is 13.8 Å². The number of nitrogens with zero attached hydrogens (tertiary/aromatic N) is 6. The molecule has 0 aliphatic carbocycles. The van der Waals surface area contributed by atoms with Gasteiger partial charge in [0.1, 0.15) is 24.4 Å². The van der Waals surface area contributed by atoms with Crippen LogP contribution in [0.25, 0.3) is 22.3 Å². The van der Waals surface area contributed by atoms with Crippen LogP contribution < -0.4 is 27.8 Å². The molecule has 4 aromatic heterocycles. The van der Waals surface area contributed by atoms with Crippen LogP contribution in [0, 0.1) is 11.6 Å². The average Bonchev–Trinajstić information content (AvgIpc) is 3.66. The highest BCUT2D eigenvalue weighted by Gasteiger charge is 2.26. The van der Waals surface area contributed by atoms with E-state index in [1.54, 1.807) is 0 Å². The number of imidazole rings is 2. The molecule has 0 aliphatic rings. The number of fused-ring (bicyclic) bond motifs is 2. The summed E-state index contributed by atoms with van der Waals surface area (Å²) >= 11 is 12.2. The molecule has 0 saturated carbocycles. The topological polar surface area (TPSA) is 184 Å². The minimum absolute atomic E-state index is 0.0122. The Morgan fingerprint density at radius 2 is 1.42 bits per heavy atom. The molecule has 5 aromatic rings. The summed E-state index contributed by atoms with van der Waals surface area (Å²) in [5.41, 5.74) is -3.41. The zero-order chi connectivity index (χ0) is 36.1. The van der Waals surface area contributed by atoms with E-state index in [9.17, 15) is 32.8 Å². The second-order valence-corrected chi connectivity index (χ2v) is 12.3. The van der Waals surface area contributed by atoms with Crippen molar-refractivity contribution in [1.82, 2.24) is 43.5 Å². The first-order valence-corrected chi connectivity index (χ1v) is 16.9. The predicted octanol–water partition coefficient (Wildman–Crippen LogP) is 4.57. The molecule has 1 amide bonds. The van der Waals surface area contributed by atoms with Gasteiger partial charge in [-0.25, -0.2) is 27.7 Å². The largest absolute Gasteiger partial charge is 0.445 e. The van der Waals surface area contributed by atoms with Crippen molar-refractivity contribution in [3.05, 3.63) is 87.6 Å². The van der Waals surface area contributed by atoms with Crippen LogP contribution in [0.2, 0.25) is 10.6 Å². The van der Waals surface area contributed by atoms with Gasteiger partial charge in [-0.3, -0.25) is 23.3 Å². The maximum Gasteiger partial charge on any atom is 0.409 e. The number of carbonyl (C=O) groups is 1. The molecular weight excluding hydrogens is 703 g/mol. The van der Waals surface area contributed by atoms with Gasteiger partial charge in [-0.15, -0.1) is 0 Å². The molecule has 1 atom stereocenters. The quantitative estimate of drug-likeness (QED) is 0.103. The van der Waals surface area contributed by atoms with Gasteiger partial charge in [0.15, 0.2) is 22.3 Å². The molecule has 0 fully saturated rings. The number of amides is 1. The Bertz CT molecular complexity index is 2270. The molecule has 5 rings (SSSR count). The normalized spacial score (nSPS) is 12.2. The highest BCUT2D eigenvalue weighted by Crippen LogP contribution is 2.16. The Labute approximate surface area is 291 Å². The van der Waals surface area contributed by atoms with E-state index >= 15 is 0 Å². The molecule has 0 bridgehead atoms. The Hall–Kier alpha value is -4.77. The third-order valence-electron chi connectivity index (χ3n) is 8.18. The van der Waals surface area contributed by atoms with Crippen LogP contribution in [0.3, 0.4) is 0 Å². The number of halogens is 4. The first-order chi connectivity index (χ1) is 23.9. The number of hydrogen-bond acceptors (Lipinski definition) is 8. The second kappa shape index (κ2) is 15.8. The average molecular weight is 739 g/mol. The van der Waals surface area contributed by atoms with Gasteiger partial charge in [0.05, 0.1) is 0 Å². The number of hydrogen-bond donors (Lipinski definition) is 3. The molecule has 0 spiro atoms. The van der Waals surface area contributed by atoms with Gasteiger partial charge in [-0.05, 0) is 48.2 Å². The maximum absolute atomic E-state index is 14.2. The fourth-order valence-electron chi connectivity index (χ4n) is 5.64. The third-order valence-corrected chi connectivity index (χ3v) is 8.54. The molecule has 1 unspecified atom stereocenters. The van der Waals surface area contributed by atoms with Crippen molar-refractivity contribution in [1.29, 1.82) is 0 Å². The Kier molecular flexibility index (Phi) is 11.6. The van der Waals surface area contributed by atoms with Gasteiger partial charge in [-0.1, -0.05) is 39.5 Å². The summed E-state index contributed by atoms with van der Waals surface area (Å²) in [5, 5.41) is 2.20. The minimum atomic E-state index is -1.51. The number of H-pyrrole nitrogens is 2. The molecule has 4 heterocycles. The van der Waals surface area contributed by atoms with Crippen LogP contribution in [0.5, 0.6) is 0 Å². The zero-order valence-electron chi connectivity index (χ0n) is 27.2. The Morgan fingerprint density at radius 1 is 0.840 bits per heavy atom. The smallest absolute Gasteiger partial charge is 0.409 e. The lowest BCUT2D eigenvalue weighted by atomic mass is 10.2. The summed E-state index contributed by atoms with van der Waals surface area (Å²) in [6.45, 7) is 3.35. The summed E-state index contributed by atoms with van der Waals surface area (Å²) in [6, 6.07) is 2.71. The molecule has 3 N–H and O–H groups in total. The van der Waals surface area contributed by atoms with E-state index in [4.69, 9.17) is 27.9 Å². The number of rotatable bonds is 15. The second-order valence-electron chi connectivity index (χ2n) is 11.6. The van der Waals surface area contributed by atoms with Crippen LogP contribution in [-0.4, -0.2) is 44.3 Å². The van der Waals surface area contributed by atoms with Crippen molar-refractivity contribution in [3.63, 3.8) is 0 Å². The number of benzene rings is 1. The van der Waals surface area contributed by atoms with Gasteiger partial charge in [-0.2, -0.15) is 9.97 Å². The van der Waals surface area contributed by atoms with Crippen molar-refractivity contribution in [2.45, 2.75) is 91.2 Å². The molecule has 15 nitrogen and oxygen atoms in total. The molecule has 0 saturated heterocycles. The van der Waals surface area contributed by atoms with Gasteiger partial charge < -0.3 is 20.0 Å². The molecule has 50 heavy (non-hydrogen) atoms. The molecule has 0 radical (unpaired) electrons. The lowest BCUT2D eigenvalue weighted by Gasteiger charge is -2.22. The summed E-state index contributed by atoms with van der Waals surface area (Å²) < 4.78 is 37.0. The first kappa shape index (κ1) is 36.5. The molecule has 268 valence electrons. The molecular formula is C31H35Cl2F2N9O6. The van der Waals surface area contributed by atoms with Crippen molar-refractivity contribution >= 4 is 51.6 Å². The summed E-state index contributed by atoms with van der Waals surface area (Å²) in [4.78, 5) is 81.7. The molecule has 19 heteroatoms. The number of aromatic amines is 2. The predicted molar refractivity (Wildman–Crippen MR) is 182 cm³/mol. The monoisotopic (exact) mass is 737 g/mol. The van der Waals surface area contributed by atoms with Gasteiger partial charge in [0.2, 0.25) is 10.6 Å². The number of carbonyl (C=O) groups excluding carboxylic acids is 1. The molecule has 1 aromatic carbocycles. The lowest BCUT2D eigenvalue weighted by Crippen LogP contribution is -2.49. The standard InChI is InChI=1S/C31H35Cl2F2N9O6/c1-3-5-7-12-41-23-21(37-27(32)39-23)25(45)43(30(41)48)14-11-20(36-29(47)50-16-17-9-10-18(34)15-19(17)35)44-26(46)22-24(40-28(33)38-22)42(31(44)49)13-8-6-4-2/h9-10,15,20H,3-8,11-14,16H2,1-2H3,(H,36,47)(H,37,39)(H,38,40). The van der Waals surface area contributed by atoms with Gasteiger partial charge >= 0.3 is 17.5 Å². The summed E-state index contributed by atoms with van der Waals surface area (Å²) in [5.74, 6) is -1.78. The van der Waals surface area contributed by atoms with Crippen LogP contribution in [0.15, 0.2) is 37.4 Å². The minimum Gasteiger partial charge on any atom is -0.445 e. The summed E-state index contributed by atoms with van der Waals surface area (Å²) in [7, 11) is 0. The van der Waals surface area contributed by atoms with Crippen LogP contribution in [0.1, 0.15) is 70.5 Å². The van der Waals surface area contributed by atoms with E-state index in [2.05, 4.69) is 25.3 Å². The number of aromatic nitrogens is 8. The number of alkyl carbamates (subject to hydrolysis) is 1. The van der Waals surface area contributed by atoms with Crippen LogP contribution in [0.4, 0.5) is 13.6 Å². The number of unbranched alkanes of at least 4 members (excludes halogenated alkanes) is 4. The lowest BCUT2D eigenvalue weighted by molar-refractivity contribution is 0.127. The molecule has 0 aliphatic heterocycles. The highest BCUT2D eigenvalue weighted by atomic mass is 35.5. The Balaban J connectivity index is 1.57. The van der Waals surface area contributed by atoms with E-state index in [-0.39, 0.29) is 64.5 Å². The van der Waals surface area contributed by atoms with Crippen LogP contribution >= 0.6 is 23.2 Å². The maximum atomic E-state index is 14.2. The number of ether oxygens (including phenoxy) is 1. The van der Waals surface area contributed by atoms with E-state index < -0.39 is 53.0 Å². The zero-order valence-corrected chi connectivity index (χ0v) is 28.7. The van der Waals surface area contributed by atoms with Crippen molar-refractivity contribution in [2.75, 3.05) is 0 Å². The van der Waals surface area contributed by atoms with E-state index in [0.717, 1.165) is 47.0 Å². The fourth-order valence-corrected chi connectivity index (χ4v) is 5.99. The van der Waals surface area contributed by atoms with Gasteiger partial charge in [0, 0.05) is 37.7 Å². The SMILES string of the molecule is CCCCCn1c(=O)n(CCC(NC(=O)OCc2ccc(F)cc2F)n2c(=O)c3[nH]c(Cl)nc3n(CCCCC)c2=O)c(=O)c2[nH]c(Cl)nc21. The van der Waals surface area contributed by atoms with Crippen molar-refractivity contribution in [3.8, 4) is 0 Å². The highest BCUT2D eigenvalue weighted by molar-refractivity contribution is 6.29. The van der Waals surface area contributed by atoms with E-state index in [1.165, 1.54) is 9.13 Å². The first-order valence-electron chi connectivity index (χ1n) is 16.1. The van der Waals surface area contributed by atoms with Crippen molar-refractivity contribution in [2.24, 2.45) is 0 Å². The fraction of sp³-hybridized carbons (Fsp3) is 0.452. The van der Waals surface area contributed by atoms with E-state index in [0.29, 0.717) is 18.9 Å². The number of nitrogens with one attached hydrogen (secondary N) is 3. The van der Waals surface area contributed by atoms with Gasteiger partial charge in [0.25, 0.3) is 11.1 Å². The third kappa shape index (κ3) is 7.67. The summed E-state index contributed by atoms with van der Waals surface area (Å²) in [6.07, 6.45) is 1.38. The number of aryl methyl sites for hydroxylation is 2. The van der Waals surface area contributed by atoms with Crippen LogP contribution in [-0.2, 0) is 31.0 Å². The van der Waals surface area contributed by atoms with Crippen molar-refractivity contribution < 1.29 is 18.3 Å².